The monoisotopic (exact) mass is 317 g/mol. The van der Waals surface area contributed by atoms with Gasteiger partial charge in [0, 0.05) is 17.0 Å². The third-order valence-corrected chi connectivity index (χ3v) is 5.11. The van der Waals surface area contributed by atoms with Crippen molar-refractivity contribution in [1.29, 1.82) is 0 Å². The lowest BCUT2D eigenvalue weighted by Gasteiger charge is -2.20. The maximum atomic E-state index is 13.5. The fourth-order valence-corrected chi connectivity index (χ4v) is 3.04. The number of hydrogen-bond acceptors (Lipinski definition) is 2. The first-order valence-corrected chi connectivity index (χ1v) is 8.78. The minimum Gasteiger partial charge on any atom is -0.313 e. The van der Waals surface area contributed by atoms with E-state index in [-0.39, 0.29) is 10.8 Å². The van der Waals surface area contributed by atoms with Crippen LogP contribution in [0.4, 0.5) is 4.39 Å². The minimum absolute atomic E-state index is 0.195. The van der Waals surface area contributed by atoms with Crippen molar-refractivity contribution in [3.63, 3.8) is 0 Å². The van der Waals surface area contributed by atoms with Gasteiger partial charge in [0.15, 0.2) is 0 Å². The van der Waals surface area contributed by atoms with Gasteiger partial charge >= 0.3 is 0 Å². The quantitative estimate of drug-likeness (QED) is 0.693. The number of benzene rings is 1. The molecule has 0 aliphatic carbocycles. The van der Waals surface area contributed by atoms with Gasteiger partial charge in [0.05, 0.1) is 5.02 Å². The lowest BCUT2D eigenvalue weighted by molar-refractivity contribution is 0.547. The van der Waals surface area contributed by atoms with Crippen molar-refractivity contribution in [2.24, 2.45) is 0 Å². The zero-order valence-electron chi connectivity index (χ0n) is 12.6. The van der Waals surface area contributed by atoms with Crippen LogP contribution in [0.2, 0.25) is 5.02 Å². The summed E-state index contributed by atoms with van der Waals surface area (Å²) in [6.45, 7) is 7.62. The van der Waals surface area contributed by atoms with E-state index in [1.54, 1.807) is 12.1 Å². The van der Waals surface area contributed by atoms with Crippen LogP contribution < -0.4 is 5.32 Å². The molecule has 4 heteroatoms. The standard InChI is InChI=1S/C16H25ClFNS/c1-4-8-19-14(11-20-12(3)5-2)9-13-6-7-15(17)16(18)10-13/h6-7,10,12,14,19H,4-5,8-9,11H2,1-3H3. The minimum atomic E-state index is -0.326. The zero-order chi connectivity index (χ0) is 15.0. The highest BCUT2D eigenvalue weighted by atomic mass is 35.5. The van der Waals surface area contributed by atoms with E-state index in [0.717, 1.165) is 30.7 Å². The molecular weight excluding hydrogens is 293 g/mol. The van der Waals surface area contributed by atoms with Gasteiger partial charge in [0.2, 0.25) is 0 Å². The smallest absolute Gasteiger partial charge is 0.142 e. The molecule has 0 heterocycles. The Morgan fingerprint density at radius 3 is 2.70 bits per heavy atom. The van der Waals surface area contributed by atoms with E-state index in [1.807, 2.05) is 17.8 Å². The molecule has 1 rings (SSSR count). The summed E-state index contributed by atoms with van der Waals surface area (Å²) < 4.78 is 13.5. The largest absolute Gasteiger partial charge is 0.313 e. The number of hydrogen-bond donors (Lipinski definition) is 1. The molecule has 0 saturated carbocycles. The van der Waals surface area contributed by atoms with E-state index >= 15 is 0 Å². The Labute approximate surface area is 131 Å². The lowest BCUT2D eigenvalue weighted by Crippen LogP contribution is -2.34. The topological polar surface area (TPSA) is 12.0 Å². The van der Waals surface area contributed by atoms with E-state index in [0.29, 0.717) is 11.3 Å². The van der Waals surface area contributed by atoms with Gasteiger partial charge in [-0.3, -0.25) is 0 Å². The van der Waals surface area contributed by atoms with Crippen LogP contribution >= 0.6 is 23.4 Å². The summed E-state index contributed by atoms with van der Waals surface area (Å²) in [6, 6.07) is 5.50. The van der Waals surface area contributed by atoms with Crippen molar-refractivity contribution in [3.8, 4) is 0 Å². The van der Waals surface area contributed by atoms with Crippen molar-refractivity contribution in [2.75, 3.05) is 12.3 Å². The van der Waals surface area contributed by atoms with E-state index in [2.05, 4.69) is 26.1 Å². The highest BCUT2D eigenvalue weighted by Crippen LogP contribution is 2.19. The fourth-order valence-electron chi connectivity index (χ4n) is 1.89. The van der Waals surface area contributed by atoms with Crippen molar-refractivity contribution in [3.05, 3.63) is 34.6 Å². The fraction of sp³-hybridized carbons (Fsp3) is 0.625. The number of nitrogens with one attached hydrogen (secondary N) is 1. The van der Waals surface area contributed by atoms with Crippen LogP contribution in [0.3, 0.4) is 0 Å². The van der Waals surface area contributed by atoms with Gasteiger partial charge < -0.3 is 5.32 Å². The third-order valence-electron chi connectivity index (χ3n) is 3.31. The maximum Gasteiger partial charge on any atom is 0.142 e. The summed E-state index contributed by atoms with van der Waals surface area (Å²) >= 11 is 7.71. The molecule has 0 radical (unpaired) electrons. The Morgan fingerprint density at radius 1 is 1.35 bits per heavy atom. The molecule has 0 saturated heterocycles. The van der Waals surface area contributed by atoms with Crippen molar-refractivity contribution in [2.45, 2.75) is 51.3 Å². The van der Waals surface area contributed by atoms with Crippen LogP contribution in [-0.4, -0.2) is 23.6 Å². The van der Waals surface area contributed by atoms with E-state index < -0.39 is 0 Å². The second-order valence-corrected chi connectivity index (χ2v) is 7.03. The SMILES string of the molecule is CCCNC(CSC(C)CC)Cc1ccc(Cl)c(F)c1. The molecule has 2 unspecified atom stereocenters. The van der Waals surface area contributed by atoms with Crippen LogP contribution in [-0.2, 0) is 6.42 Å². The molecule has 114 valence electrons. The number of halogens is 2. The van der Waals surface area contributed by atoms with Crippen LogP contribution in [0.15, 0.2) is 18.2 Å². The van der Waals surface area contributed by atoms with Gasteiger partial charge in [-0.1, -0.05) is 38.4 Å². The Bertz CT molecular complexity index is 400. The Balaban J connectivity index is 2.60. The Hall–Kier alpha value is -0.250. The molecule has 0 fully saturated rings. The maximum absolute atomic E-state index is 13.5. The van der Waals surface area contributed by atoms with Crippen LogP contribution in [0.25, 0.3) is 0 Å². The molecule has 1 N–H and O–H groups in total. The molecule has 0 amide bonds. The second-order valence-electron chi connectivity index (χ2n) is 5.16. The summed E-state index contributed by atoms with van der Waals surface area (Å²) in [4.78, 5) is 0. The lowest BCUT2D eigenvalue weighted by atomic mass is 10.1. The van der Waals surface area contributed by atoms with Crippen molar-refractivity contribution < 1.29 is 4.39 Å². The van der Waals surface area contributed by atoms with E-state index in [9.17, 15) is 4.39 Å². The van der Waals surface area contributed by atoms with Crippen molar-refractivity contribution >= 4 is 23.4 Å². The Morgan fingerprint density at radius 2 is 2.10 bits per heavy atom. The number of thioether (sulfide) groups is 1. The summed E-state index contributed by atoms with van der Waals surface area (Å²) in [6.07, 6.45) is 3.14. The van der Waals surface area contributed by atoms with Gasteiger partial charge in [-0.2, -0.15) is 11.8 Å². The molecule has 0 aliphatic rings. The summed E-state index contributed by atoms with van der Waals surface area (Å²) in [7, 11) is 0. The van der Waals surface area contributed by atoms with Gasteiger partial charge in [-0.25, -0.2) is 4.39 Å². The molecule has 1 aromatic carbocycles. The normalized spacial score (nSPS) is 14.2. The molecule has 0 bridgehead atoms. The van der Waals surface area contributed by atoms with Gasteiger partial charge in [-0.05, 0) is 43.5 Å². The average Bonchev–Trinajstić information content (AvgIpc) is 2.45. The third kappa shape index (κ3) is 6.47. The summed E-state index contributed by atoms with van der Waals surface area (Å²) in [5.74, 6) is 0.729. The molecule has 2 atom stereocenters. The molecule has 1 nitrogen and oxygen atoms in total. The van der Waals surface area contributed by atoms with Crippen molar-refractivity contribution in [1.82, 2.24) is 5.32 Å². The molecular formula is C16H25ClFNS. The average molecular weight is 318 g/mol. The number of rotatable bonds is 9. The summed E-state index contributed by atoms with van der Waals surface area (Å²) in [5, 5.41) is 4.42. The molecule has 0 aliphatic heterocycles. The Kier molecular flexibility index (Phi) is 8.58. The highest BCUT2D eigenvalue weighted by molar-refractivity contribution is 7.99. The molecule has 0 spiro atoms. The predicted molar refractivity (Wildman–Crippen MR) is 89.4 cm³/mol. The first-order valence-electron chi connectivity index (χ1n) is 7.35. The van der Waals surface area contributed by atoms with Crippen LogP contribution in [0.5, 0.6) is 0 Å². The first-order chi connectivity index (χ1) is 9.56. The van der Waals surface area contributed by atoms with Gasteiger partial charge in [0.25, 0.3) is 0 Å². The molecule has 1 aromatic rings. The molecule has 0 aromatic heterocycles. The van der Waals surface area contributed by atoms with E-state index in [4.69, 9.17) is 11.6 Å². The van der Waals surface area contributed by atoms with Crippen LogP contribution in [0.1, 0.15) is 39.2 Å². The highest BCUT2D eigenvalue weighted by Gasteiger charge is 2.12. The second kappa shape index (κ2) is 9.64. The van der Waals surface area contributed by atoms with Gasteiger partial charge in [0.1, 0.15) is 5.82 Å². The van der Waals surface area contributed by atoms with E-state index in [1.165, 1.54) is 6.42 Å². The summed E-state index contributed by atoms with van der Waals surface area (Å²) in [5.41, 5.74) is 1.00. The predicted octanol–water partition coefficient (Wildman–Crippen LogP) is 4.92. The zero-order valence-corrected chi connectivity index (χ0v) is 14.2. The first kappa shape index (κ1) is 17.8. The van der Waals surface area contributed by atoms with Crippen LogP contribution in [0, 0.1) is 5.82 Å². The molecule has 20 heavy (non-hydrogen) atoms. The van der Waals surface area contributed by atoms with Gasteiger partial charge in [-0.15, -0.1) is 0 Å².